The van der Waals surface area contributed by atoms with Crippen LogP contribution in [0.5, 0.6) is 0 Å². The maximum Gasteiger partial charge on any atom is 0.331 e. The number of hydrogen-bond acceptors (Lipinski definition) is 3. The highest BCUT2D eigenvalue weighted by Gasteiger charge is 2.49. The van der Waals surface area contributed by atoms with Crippen LogP contribution in [0.15, 0.2) is 101 Å². The van der Waals surface area contributed by atoms with Crippen molar-refractivity contribution in [1.29, 1.82) is 0 Å². The molecule has 0 amide bonds. The van der Waals surface area contributed by atoms with Crippen LogP contribution in [0, 0.1) is 0 Å². The van der Waals surface area contributed by atoms with Crippen LogP contribution in [0.4, 0.5) is 0 Å². The number of aliphatic carboxylic acids is 1. The van der Waals surface area contributed by atoms with Crippen molar-refractivity contribution in [3.05, 3.63) is 96.3 Å². The van der Waals surface area contributed by atoms with Crippen LogP contribution >= 0.6 is 7.26 Å². The summed E-state index contributed by atoms with van der Waals surface area (Å²) >= 11 is 0. The number of unbranched alkanes of at least 4 members (excludes halogenated alkanes) is 2. The van der Waals surface area contributed by atoms with Crippen molar-refractivity contribution >= 4 is 39.3 Å². The lowest BCUT2D eigenvalue weighted by atomic mass is 10.2. The van der Waals surface area contributed by atoms with E-state index in [1.807, 2.05) is 66.7 Å². The van der Waals surface area contributed by atoms with Gasteiger partial charge in [-0.15, -0.1) is 0 Å². The van der Waals surface area contributed by atoms with Crippen LogP contribution in [-0.4, -0.2) is 24.0 Å². The summed E-state index contributed by atoms with van der Waals surface area (Å²) in [5.41, 5.74) is 0. The molecular weight excluding hydrogens is 455 g/mol. The van der Waals surface area contributed by atoms with Crippen molar-refractivity contribution in [3.8, 4) is 0 Å². The first-order valence-electron chi connectivity index (χ1n) is 10.8. The van der Waals surface area contributed by atoms with Gasteiger partial charge in [0.05, 0.1) is 16.3 Å². The summed E-state index contributed by atoms with van der Waals surface area (Å²) in [5.74, 6) is -1.04. The van der Waals surface area contributed by atoms with E-state index in [0.29, 0.717) is 11.7 Å². The molecule has 0 radical (unpaired) electrons. The van der Waals surface area contributed by atoms with E-state index in [1.165, 1.54) is 18.2 Å². The molecule has 0 saturated heterocycles. The summed E-state index contributed by atoms with van der Waals surface area (Å²) in [6.45, 7) is 2.09. The van der Waals surface area contributed by atoms with Gasteiger partial charge in [-0.1, -0.05) is 62.2 Å². The molecule has 2 N–H and O–H groups in total. The molecule has 5 nitrogen and oxygen atoms in total. The van der Waals surface area contributed by atoms with Crippen LogP contribution in [-0.2, 0) is 14.9 Å². The van der Waals surface area contributed by atoms with Gasteiger partial charge < -0.3 is 5.11 Å². The molecule has 0 aromatic heterocycles. The van der Waals surface area contributed by atoms with Gasteiger partial charge in [-0.25, -0.2) is 4.79 Å². The van der Waals surface area contributed by atoms with Gasteiger partial charge in [-0.3, -0.25) is 4.55 Å². The van der Waals surface area contributed by atoms with Crippen molar-refractivity contribution < 1.29 is 22.9 Å². The topological polar surface area (TPSA) is 91.7 Å². The minimum absolute atomic E-state index is 0.209. The number of carboxylic acids is 1. The zero-order valence-corrected chi connectivity index (χ0v) is 20.2. The van der Waals surface area contributed by atoms with E-state index in [1.54, 1.807) is 6.07 Å². The molecule has 0 atom stereocenters. The average Bonchev–Trinajstić information content (AvgIpc) is 2.80. The Morgan fingerprint density at radius 3 is 1.88 bits per heavy atom. The van der Waals surface area contributed by atoms with Crippen molar-refractivity contribution in [1.82, 2.24) is 0 Å². The third-order valence-corrected chi connectivity index (χ3v) is 10.8. The summed E-state index contributed by atoms with van der Waals surface area (Å²) in [4.78, 5) is 11.8. The molecule has 172 valence electrons. The van der Waals surface area contributed by atoms with Crippen LogP contribution < -0.4 is 15.9 Å². The fraction of sp³-hybridized carbons (Fsp3) is 0.192. The third kappa shape index (κ3) is 5.59. The molecule has 0 fully saturated rings. The zero-order valence-electron chi connectivity index (χ0n) is 18.5. The number of carboxylic acid groups (broad SMARTS) is 1. The first-order chi connectivity index (χ1) is 15.8. The maximum atomic E-state index is 12.0. The largest absolute Gasteiger partial charge is 0.478 e. The average molecular weight is 484 g/mol. The third-order valence-electron chi connectivity index (χ3n) is 5.55. The minimum Gasteiger partial charge on any atom is -0.478 e. The van der Waals surface area contributed by atoms with E-state index < -0.39 is 23.3 Å². The van der Waals surface area contributed by atoms with Crippen LogP contribution in [0.2, 0.25) is 0 Å². The molecule has 0 unspecified atom stereocenters. The molecule has 33 heavy (non-hydrogen) atoms. The van der Waals surface area contributed by atoms with Gasteiger partial charge in [0, 0.05) is 12.5 Å². The first-order valence-corrected chi connectivity index (χ1v) is 14.1. The summed E-state index contributed by atoms with van der Waals surface area (Å²) in [5, 5.41) is 13.1. The summed E-state index contributed by atoms with van der Waals surface area (Å²) in [6, 6.07) is 25.6. The van der Waals surface area contributed by atoms with E-state index in [-0.39, 0.29) is 4.90 Å². The Morgan fingerprint density at radius 2 is 1.39 bits per heavy atom. The number of carbonyl (C=O) groups is 1. The minimum atomic E-state index is -4.44. The highest BCUT2D eigenvalue weighted by molar-refractivity contribution is 7.99. The second-order valence-electron chi connectivity index (χ2n) is 7.75. The lowest BCUT2D eigenvalue weighted by Crippen LogP contribution is -2.33. The standard InChI is InChI=1S/C26H27O5PS/c1-2-3-6-16-24(20-26(27)28)32(21-12-7-4-8-13-21,22-14-9-5-10-15-22)23-17-11-18-25(19-23)33(29,30)31/h4-5,7-15,17-20H,2-3,6,16H2,1H3,(H-,27,28,29,30,31)/p+1/b24-20-. The van der Waals surface area contributed by atoms with Gasteiger partial charge in [0.1, 0.15) is 23.2 Å². The second-order valence-corrected chi connectivity index (χ2v) is 12.6. The Morgan fingerprint density at radius 1 is 0.848 bits per heavy atom. The molecule has 0 saturated carbocycles. The molecule has 3 rings (SSSR count). The van der Waals surface area contributed by atoms with E-state index in [0.717, 1.165) is 35.2 Å². The molecule has 3 aromatic carbocycles. The molecule has 3 aromatic rings. The molecular formula is C26H28O5PS+. The van der Waals surface area contributed by atoms with E-state index in [9.17, 15) is 22.9 Å². The number of benzene rings is 3. The van der Waals surface area contributed by atoms with Gasteiger partial charge in [0.25, 0.3) is 10.1 Å². The van der Waals surface area contributed by atoms with Crippen molar-refractivity contribution in [2.45, 2.75) is 37.5 Å². The van der Waals surface area contributed by atoms with E-state index in [2.05, 4.69) is 6.92 Å². The van der Waals surface area contributed by atoms with Crippen LogP contribution in [0.25, 0.3) is 0 Å². The predicted molar refractivity (Wildman–Crippen MR) is 135 cm³/mol. The fourth-order valence-corrected chi connectivity index (χ4v) is 9.32. The lowest BCUT2D eigenvalue weighted by Gasteiger charge is -2.29. The molecule has 0 aliphatic heterocycles. The van der Waals surface area contributed by atoms with Crippen LogP contribution in [0.3, 0.4) is 0 Å². The first kappa shape index (κ1) is 24.8. The second kappa shape index (κ2) is 10.9. The summed E-state index contributed by atoms with van der Waals surface area (Å²) < 4.78 is 33.8. The number of hydrogen-bond donors (Lipinski definition) is 2. The van der Waals surface area contributed by atoms with Gasteiger partial charge in [0.15, 0.2) is 0 Å². The summed E-state index contributed by atoms with van der Waals surface area (Å²) in [6.07, 6.45) is 4.61. The highest BCUT2D eigenvalue weighted by atomic mass is 32.2. The van der Waals surface area contributed by atoms with Gasteiger partial charge in [-0.2, -0.15) is 8.42 Å². The van der Waals surface area contributed by atoms with Gasteiger partial charge >= 0.3 is 5.97 Å². The Kier molecular flexibility index (Phi) is 8.20. The van der Waals surface area contributed by atoms with Crippen molar-refractivity contribution in [3.63, 3.8) is 0 Å². The zero-order chi connectivity index (χ0) is 23.9. The SMILES string of the molecule is CCCCC/C(=C/C(=O)O)[P+](c1ccccc1)(c1ccccc1)c1cccc(S(=O)(=O)O)c1. The molecule has 0 heterocycles. The normalized spacial score (nSPS) is 12.5. The van der Waals surface area contributed by atoms with Gasteiger partial charge in [-0.05, 0) is 42.8 Å². The Bertz CT molecular complexity index is 1180. The number of rotatable bonds is 10. The lowest BCUT2D eigenvalue weighted by molar-refractivity contribution is -0.131. The van der Waals surface area contributed by atoms with Crippen molar-refractivity contribution in [2.75, 3.05) is 0 Å². The molecule has 0 bridgehead atoms. The van der Waals surface area contributed by atoms with Crippen molar-refractivity contribution in [2.24, 2.45) is 0 Å². The quantitative estimate of drug-likeness (QED) is 0.188. The molecule has 0 aliphatic carbocycles. The van der Waals surface area contributed by atoms with E-state index >= 15 is 0 Å². The van der Waals surface area contributed by atoms with Gasteiger partial charge in [0.2, 0.25) is 0 Å². The van der Waals surface area contributed by atoms with E-state index in [4.69, 9.17) is 0 Å². The summed E-state index contributed by atoms with van der Waals surface area (Å²) in [7, 11) is -7.19. The molecule has 0 aliphatic rings. The highest BCUT2D eigenvalue weighted by Crippen LogP contribution is 2.64. The molecule has 7 heteroatoms. The molecule has 0 spiro atoms. The predicted octanol–water partition coefficient (Wildman–Crippen LogP) is 4.78. The Hall–Kier alpha value is -2.79. The smallest absolute Gasteiger partial charge is 0.331 e. The Labute approximate surface area is 195 Å². The fourth-order valence-electron chi connectivity index (χ4n) is 4.14. The number of allylic oxidation sites excluding steroid dienone is 1. The maximum absolute atomic E-state index is 12.0. The Balaban J connectivity index is 2.46. The monoisotopic (exact) mass is 483 g/mol. The van der Waals surface area contributed by atoms with Crippen LogP contribution in [0.1, 0.15) is 32.6 Å².